The number of methoxy groups -OCH3 is 2. The van der Waals surface area contributed by atoms with E-state index >= 15 is 0 Å². The largest absolute Gasteiger partial charge is 0.495 e. The van der Waals surface area contributed by atoms with Gasteiger partial charge in [-0.2, -0.15) is 0 Å². The zero-order chi connectivity index (χ0) is 15.2. The van der Waals surface area contributed by atoms with E-state index in [9.17, 15) is 13.2 Å². The van der Waals surface area contributed by atoms with Crippen molar-refractivity contribution in [3.63, 3.8) is 0 Å². The number of aromatic carboxylic acids is 1. The highest BCUT2D eigenvalue weighted by atomic mass is 32.2. The maximum absolute atomic E-state index is 12.1. The highest BCUT2D eigenvalue weighted by Gasteiger charge is 2.21. The average Bonchev–Trinajstić information content (AvgIpc) is 2.42. The van der Waals surface area contributed by atoms with Crippen LogP contribution in [-0.2, 0) is 14.8 Å². The van der Waals surface area contributed by atoms with Crippen LogP contribution in [0.1, 0.15) is 16.8 Å². The van der Waals surface area contributed by atoms with E-state index in [2.05, 4.69) is 4.72 Å². The van der Waals surface area contributed by atoms with Crippen LogP contribution >= 0.6 is 0 Å². The molecule has 0 heterocycles. The van der Waals surface area contributed by atoms with Gasteiger partial charge < -0.3 is 14.6 Å². The second kappa shape index (κ2) is 7.22. The van der Waals surface area contributed by atoms with E-state index in [-0.39, 0.29) is 22.8 Å². The molecule has 0 radical (unpaired) electrons. The van der Waals surface area contributed by atoms with Crippen molar-refractivity contribution < 1.29 is 27.8 Å². The maximum atomic E-state index is 12.1. The van der Waals surface area contributed by atoms with Crippen LogP contribution in [0.15, 0.2) is 23.1 Å². The van der Waals surface area contributed by atoms with Crippen LogP contribution < -0.4 is 9.46 Å². The van der Waals surface area contributed by atoms with Crippen molar-refractivity contribution in [1.29, 1.82) is 0 Å². The Morgan fingerprint density at radius 3 is 2.60 bits per heavy atom. The van der Waals surface area contributed by atoms with Gasteiger partial charge in [-0.3, -0.25) is 0 Å². The summed E-state index contributed by atoms with van der Waals surface area (Å²) in [5.74, 6) is -1.11. The van der Waals surface area contributed by atoms with Gasteiger partial charge in [0.05, 0.1) is 12.7 Å². The molecule has 0 atom stereocenters. The molecular formula is C12H17NO6S. The van der Waals surface area contributed by atoms with Gasteiger partial charge in [-0.15, -0.1) is 0 Å². The van der Waals surface area contributed by atoms with Crippen LogP contribution in [0, 0.1) is 0 Å². The van der Waals surface area contributed by atoms with Gasteiger partial charge >= 0.3 is 5.97 Å². The first-order valence-electron chi connectivity index (χ1n) is 5.82. The molecule has 0 aliphatic heterocycles. The third kappa shape index (κ3) is 4.19. The molecule has 0 fully saturated rings. The predicted octanol–water partition coefficient (Wildman–Crippen LogP) is 0.708. The third-order valence-corrected chi connectivity index (χ3v) is 4.00. The summed E-state index contributed by atoms with van der Waals surface area (Å²) >= 11 is 0. The van der Waals surface area contributed by atoms with Crippen molar-refractivity contribution in [3.05, 3.63) is 23.8 Å². The smallest absolute Gasteiger partial charge is 0.335 e. The number of nitrogens with one attached hydrogen (secondary N) is 1. The molecule has 0 spiro atoms. The van der Waals surface area contributed by atoms with Crippen LogP contribution in [0.3, 0.4) is 0 Å². The molecule has 1 aromatic rings. The molecule has 20 heavy (non-hydrogen) atoms. The van der Waals surface area contributed by atoms with Gasteiger partial charge in [0.15, 0.2) is 0 Å². The lowest BCUT2D eigenvalue weighted by molar-refractivity contribution is 0.0696. The van der Waals surface area contributed by atoms with Crippen molar-refractivity contribution in [1.82, 2.24) is 4.72 Å². The summed E-state index contributed by atoms with van der Waals surface area (Å²) in [6.45, 7) is 0.617. The first kappa shape index (κ1) is 16.4. The maximum Gasteiger partial charge on any atom is 0.335 e. The van der Waals surface area contributed by atoms with Crippen molar-refractivity contribution in [2.75, 3.05) is 27.4 Å². The molecule has 0 aliphatic carbocycles. The molecule has 7 nitrogen and oxygen atoms in total. The highest BCUT2D eigenvalue weighted by molar-refractivity contribution is 7.89. The Hall–Kier alpha value is -1.64. The Bertz CT molecular complexity index is 569. The number of carboxylic acids is 1. The molecule has 0 amide bonds. The second-order valence-electron chi connectivity index (χ2n) is 3.91. The Balaban J connectivity index is 3.02. The van der Waals surface area contributed by atoms with Gasteiger partial charge in [0.1, 0.15) is 10.6 Å². The van der Waals surface area contributed by atoms with Crippen molar-refractivity contribution >= 4 is 16.0 Å². The Labute approximate surface area is 117 Å². The first-order chi connectivity index (χ1) is 9.42. The van der Waals surface area contributed by atoms with Crippen LogP contribution in [0.25, 0.3) is 0 Å². The van der Waals surface area contributed by atoms with Crippen LogP contribution in [0.4, 0.5) is 0 Å². The molecule has 8 heteroatoms. The van der Waals surface area contributed by atoms with Crippen molar-refractivity contribution in [2.24, 2.45) is 0 Å². The number of ether oxygens (including phenoxy) is 2. The van der Waals surface area contributed by atoms with Gasteiger partial charge in [0.25, 0.3) is 0 Å². The van der Waals surface area contributed by atoms with E-state index < -0.39 is 16.0 Å². The quantitative estimate of drug-likeness (QED) is 0.686. The van der Waals surface area contributed by atoms with Gasteiger partial charge in [-0.05, 0) is 24.6 Å². The topological polar surface area (TPSA) is 102 Å². The fourth-order valence-electron chi connectivity index (χ4n) is 1.52. The molecule has 2 N–H and O–H groups in total. The van der Waals surface area contributed by atoms with Crippen LogP contribution in [0.5, 0.6) is 5.75 Å². The van der Waals surface area contributed by atoms with E-state index in [4.69, 9.17) is 14.6 Å². The van der Waals surface area contributed by atoms with E-state index in [0.717, 1.165) is 6.07 Å². The zero-order valence-electron chi connectivity index (χ0n) is 11.3. The Morgan fingerprint density at radius 2 is 2.05 bits per heavy atom. The van der Waals surface area contributed by atoms with Gasteiger partial charge in [0, 0.05) is 20.3 Å². The summed E-state index contributed by atoms with van der Waals surface area (Å²) in [4.78, 5) is 10.7. The SMILES string of the molecule is COCCCNS(=O)(=O)c1cc(C(=O)O)ccc1OC. The van der Waals surface area contributed by atoms with Gasteiger partial charge in [-0.1, -0.05) is 0 Å². The number of rotatable bonds is 8. The lowest BCUT2D eigenvalue weighted by atomic mass is 10.2. The lowest BCUT2D eigenvalue weighted by Gasteiger charge is -2.11. The summed E-state index contributed by atoms with van der Waals surface area (Å²) in [7, 11) is -0.993. The number of carboxylic acid groups (broad SMARTS) is 1. The minimum Gasteiger partial charge on any atom is -0.495 e. The molecule has 0 aliphatic rings. The number of benzene rings is 1. The Kier molecular flexibility index (Phi) is 5.93. The molecular weight excluding hydrogens is 286 g/mol. The summed E-state index contributed by atoms with van der Waals surface area (Å²) in [6, 6.07) is 3.66. The number of sulfonamides is 1. The van der Waals surface area contributed by atoms with Gasteiger partial charge in [0.2, 0.25) is 10.0 Å². The molecule has 0 unspecified atom stereocenters. The molecule has 112 valence electrons. The summed E-state index contributed by atoms with van der Waals surface area (Å²) in [5.41, 5.74) is -0.122. The van der Waals surface area contributed by atoms with Crippen molar-refractivity contribution in [2.45, 2.75) is 11.3 Å². The third-order valence-electron chi connectivity index (χ3n) is 2.52. The van der Waals surface area contributed by atoms with E-state index in [1.165, 1.54) is 26.4 Å². The van der Waals surface area contributed by atoms with E-state index in [0.29, 0.717) is 13.0 Å². The average molecular weight is 303 g/mol. The molecule has 1 aromatic carbocycles. The monoisotopic (exact) mass is 303 g/mol. The van der Waals surface area contributed by atoms with Crippen LogP contribution in [0.2, 0.25) is 0 Å². The number of carbonyl (C=O) groups is 1. The molecule has 0 aromatic heterocycles. The fraction of sp³-hybridized carbons (Fsp3) is 0.417. The first-order valence-corrected chi connectivity index (χ1v) is 7.30. The van der Waals surface area contributed by atoms with E-state index in [1.807, 2.05) is 0 Å². The summed E-state index contributed by atoms with van der Waals surface area (Å²) < 4.78 is 36.4. The van der Waals surface area contributed by atoms with Gasteiger partial charge in [-0.25, -0.2) is 17.9 Å². The number of hydrogen-bond acceptors (Lipinski definition) is 5. The summed E-state index contributed by atoms with van der Waals surface area (Å²) in [5, 5.41) is 8.91. The molecule has 0 saturated carbocycles. The fourth-order valence-corrected chi connectivity index (χ4v) is 2.79. The second-order valence-corrected chi connectivity index (χ2v) is 5.65. The zero-order valence-corrected chi connectivity index (χ0v) is 12.1. The predicted molar refractivity (Wildman–Crippen MR) is 71.6 cm³/mol. The normalized spacial score (nSPS) is 11.3. The minimum absolute atomic E-state index is 0.0919. The number of hydrogen-bond donors (Lipinski definition) is 2. The minimum atomic E-state index is -3.83. The molecule has 0 bridgehead atoms. The van der Waals surface area contributed by atoms with Crippen LogP contribution in [-0.4, -0.2) is 46.9 Å². The lowest BCUT2D eigenvalue weighted by Crippen LogP contribution is -2.26. The highest BCUT2D eigenvalue weighted by Crippen LogP contribution is 2.24. The Morgan fingerprint density at radius 1 is 1.35 bits per heavy atom. The standard InChI is InChI=1S/C12H17NO6S/c1-18-7-3-6-13-20(16,17)11-8-9(12(14)15)4-5-10(11)19-2/h4-5,8,13H,3,6-7H2,1-2H3,(H,14,15). The summed E-state index contributed by atoms with van der Waals surface area (Å²) in [6.07, 6.45) is 0.511. The van der Waals surface area contributed by atoms with Crippen molar-refractivity contribution in [3.8, 4) is 5.75 Å². The molecule has 0 saturated heterocycles. The molecule has 1 rings (SSSR count). The van der Waals surface area contributed by atoms with E-state index in [1.54, 1.807) is 0 Å².